The van der Waals surface area contributed by atoms with E-state index in [2.05, 4.69) is 0 Å². The molecule has 2 rings (SSSR count). The minimum absolute atomic E-state index is 0.0617. The van der Waals surface area contributed by atoms with E-state index in [0.29, 0.717) is 23.1 Å². The molecule has 0 atom stereocenters. The Morgan fingerprint density at radius 3 is 2.23 bits per heavy atom. The summed E-state index contributed by atoms with van der Waals surface area (Å²) in [5, 5.41) is 19.9. The smallest absolute Gasteiger partial charge is 0.336 e. The molecule has 0 unspecified atom stereocenters. The van der Waals surface area contributed by atoms with E-state index in [4.69, 9.17) is 9.29 Å². The van der Waals surface area contributed by atoms with Crippen molar-refractivity contribution in [1.82, 2.24) is 0 Å². The number of carboxylic acids is 1. The van der Waals surface area contributed by atoms with Gasteiger partial charge in [-0.05, 0) is 18.2 Å². The number of benzene rings is 2. The Hall–Kier alpha value is -2.95. The lowest BCUT2D eigenvalue weighted by Crippen LogP contribution is -2.40. The minimum atomic E-state index is -4.05. The molecule has 10 heteroatoms. The van der Waals surface area contributed by atoms with Crippen molar-refractivity contribution < 1.29 is 42.0 Å². The SMILES string of the molecule is COc1cc(C[N+](C)(C)CCCS(=O)(=O)O)cc(C(=O)c2ccccc2C(=O)O)c1O. The minimum Gasteiger partial charge on any atom is -0.504 e. The number of rotatable bonds is 10. The number of ether oxygens (including phenoxy) is 1. The van der Waals surface area contributed by atoms with Crippen molar-refractivity contribution in [3.05, 3.63) is 58.7 Å². The van der Waals surface area contributed by atoms with E-state index in [1.165, 1.54) is 37.4 Å². The molecule has 0 aliphatic rings. The summed E-state index contributed by atoms with van der Waals surface area (Å²) in [6.45, 7) is 0.789. The number of carbonyl (C=O) groups is 2. The van der Waals surface area contributed by atoms with Crippen molar-refractivity contribution in [3.8, 4) is 11.5 Å². The number of nitrogens with zero attached hydrogens (tertiary/aromatic N) is 1. The summed E-state index contributed by atoms with van der Waals surface area (Å²) in [5.41, 5.74) is 0.285. The van der Waals surface area contributed by atoms with E-state index in [9.17, 15) is 28.2 Å². The highest BCUT2D eigenvalue weighted by atomic mass is 32.2. The van der Waals surface area contributed by atoms with E-state index < -0.39 is 27.6 Å². The Morgan fingerprint density at radius 1 is 1.06 bits per heavy atom. The van der Waals surface area contributed by atoms with E-state index in [-0.39, 0.29) is 34.6 Å². The number of carboxylic acid groups (broad SMARTS) is 1. The van der Waals surface area contributed by atoms with Crippen LogP contribution >= 0.6 is 0 Å². The van der Waals surface area contributed by atoms with Crippen LogP contribution in [0.5, 0.6) is 11.5 Å². The van der Waals surface area contributed by atoms with Gasteiger partial charge in [0, 0.05) is 17.5 Å². The fraction of sp³-hybridized carbons (Fsp3) is 0.333. The number of phenolic OH excluding ortho intramolecular Hbond substituents is 1. The van der Waals surface area contributed by atoms with E-state index in [0.717, 1.165) is 0 Å². The molecule has 9 nitrogen and oxygen atoms in total. The number of aromatic carboxylic acids is 1. The second-order valence-corrected chi connectivity index (χ2v) is 9.40. The Morgan fingerprint density at radius 2 is 1.68 bits per heavy atom. The highest BCUT2D eigenvalue weighted by molar-refractivity contribution is 7.85. The van der Waals surface area contributed by atoms with Gasteiger partial charge in [0.05, 0.1) is 44.6 Å². The maximum Gasteiger partial charge on any atom is 0.336 e. The summed E-state index contributed by atoms with van der Waals surface area (Å²) in [7, 11) is 0.990. The van der Waals surface area contributed by atoms with Gasteiger partial charge < -0.3 is 19.4 Å². The molecule has 0 aliphatic carbocycles. The molecular formula is C21H26NO8S+. The van der Waals surface area contributed by atoms with Crippen molar-refractivity contribution in [3.63, 3.8) is 0 Å². The van der Waals surface area contributed by atoms with Gasteiger partial charge in [0.15, 0.2) is 17.3 Å². The molecule has 0 saturated heterocycles. The number of carbonyl (C=O) groups excluding carboxylic acids is 1. The highest BCUT2D eigenvalue weighted by Gasteiger charge is 2.25. The van der Waals surface area contributed by atoms with Crippen molar-refractivity contribution in [2.75, 3.05) is 33.5 Å². The molecule has 0 aliphatic heterocycles. The molecule has 0 saturated carbocycles. The van der Waals surface area contributed by atoms with Crippen LogP contribution in [0.1, 0.15) is 38.3 Å². The molecule has 0 aromatic heterocycles. The molecule has 3 N–H and O–H groups in total. The molecule has 31 heavy (non-hydrogen) atoms. The highest BCUT2D eigenvalue weighted by Crippen LogP contribution is 2.34. The van der Waals surface area contributed by atoms with Crippen molar-refractivity contribution in [1.29, 1.82) is 0 Å². The summed E-state index contributed by atoms with van der Waals surface area (Å²) < 4.78 is 36.3. The van der Waals surface area contributed by atoms with Crippen LogP contribution in [0, 0.1) is 0 Å². The quantitative estimate of drug-likeness (QED) is 0.283. The first kappa shape index (κ1) is 24.3. The third-order valence-corrected chi connectivity index (χ3v) is 5.58. The molecule has 0 spiro atoms. The molecule has 0 fully saturated rings. The zero-order chi connectivity index (χ0) is 23.4. The molecule has 2 aromatic rings. The van der Waals surface area contributed by atoms with Crippen LogP contribution in [0.2, 0.25) is 0 Å². The topological polar surface area (TPSA) is 138 Å². The molecule has 0 amide bonds. The third kappa shape index (κ3) is 6.51. The second kappa shape index (κ2) is 9.46. The van der Waals surface area contributed by atoms with Crippen LogP contribution in [0.25, 0.3) is 0 Å². The van der Waals surface area contributed by atoms with Crippen molar-refractivity contribution in [2.45, 2.75) is 13.0 Å². The Balaban J connectivity index is 2.40. The monoisotopic (exact) mass is 452 g/mol. The van der Waals surface area contributed by atoms with Crippen LogP contribution in [-0.2, 0) is 16.7 Å². The molecule has 2 aromatic carbocycles. The van der Waals surface area contributed by atoms with Gasteiger partial charge in [-0.3, -0.25) is 9.35 Å². The van der Waals surface area contributed by atoms with Gasteiger partial charge in [0.2, 0.25) is 0 Å². The lowest BCUT2D eigenvalue weighted by molar-refractivity contribution is -0.903. The summed E-state index contributed by atoms with van der Waals surface area (Å²) >= 11 is 0. The van der Waals surface area contributed by atoms with Crippen molar-refractivity contribution in [2.24, 2.45) is 0 Å². The number of quaternary nitrogens is 1. The van der Waals surface area contributed by atoms with Gasteiger partial charge >= 0.3 is 5.97 Å². The Labute approximate surface area is 180 Å². The Bertz CT molecular complexity index is 1090. The standard InChI is InChI=1S/C21H25NO8S/c1-22(2,9-6-10-31(27,28)29)13-14-11-17(20(24)18(12-14)30-3)19(23)15-7-4-5-8-16(15)21(25)26/h4-5,7-8,11-12H,6,9-10,13H2,1-3H3,(H2-,23,24,25,26,27,28,29)/p+1. The first-order valence-corrected chi connectivity index (χ1v) is 11.0. The molecule has 168 valence electrons. The van der Waals surface area contributed by atoms with Crippen LogP contribution in [-0.4, -0.2) is 72.9 Å². The number of hydrogen-bond acceptors (Lipinski definition) is 6. The van der Waals surface area contributed by atoms with Crippen LogP contribution < -0.4 is 4.74 Å². The van der Waals surface area contributed by atoms with Gasteiger partial charge in [-0.2, -0.15) is 8.42 Å². The predicted octanol–water partition coefficient (Wildman–Crippen LogP) is 2.18. The van der Waals surface area contributed by atoms with Crippen LogP contribution in [0.3, 0.4) is 0 Å². The largest absolute Gasteiger partial charge is 0.504 e. The maximum atomic E-state index is 13.1. The number of phenols is 1. The van der Waals surface area contributed by atoms with E-state index in [1.54, 1.807) is 6.07 Å². The average molecular weight is 453 g/mol. The van der Waals surface area contributed by atoms with Gasteiger partial charge in [-0.25, -0.2) is 4.79 Å². The van der Waals surface area contributed by atoms with Gasteiger partial charge in [-0.1, -0.05) is 18.2 Å². The molecule has 0 radical (unpaired) electrons. The fourth-order valence-corrected chi connectivity index (χ4v) is 3.84. The first-order chi connectivity index (χ1) is 14.3. The lowest BCUT2D eigenvalue weighted by atomic mass is 9.95. The predicted molar refractivity (Wildman–Crippen MR) is 113 cm³/mol. The summed E-state index contributed by atoms with van der Waals surface area (Å²) in [4.78, 5) is 24.6. The van der Waals surface area contributed by atoms with Gasteiger partial charge in [-0.15, -0.1) is 0 Å². The molecular weight excluding hydrogens is 426 g/mol. The summed E-state index contributed by atoms with van der Waals surface area (Å²) in [6.07, 6.45) is 0.235. The number of hydrogen-bond donors (Lipinski definition) is 3. The molecule has 0 bridgehead atoms. The number of aromatic hydroxyl groups is 1. The summed E-state index contributed by atoms with van der Waals surface area (Å²) in [5.74, 6) is -2.61. The third-order valence-electron chi connectivity index (χ3n) is 4.78. The number of methoxy groups -OCH3 is 1. The van der Waals surface area contributed by atoms with E-state index in [1.807, 2.05) is 14.1 Å². The first-order valence-electron chi connectivity index (χ1n) is 9.38. The average Bonchev–Trinajstić information content (AvgIpc) is 2.67. The zero-order valence-corrected chi connectivity index (χ0v) is 18.3. The zero-order valence-electron chi connectivity index (χ0n) is 17.5. The van der Waals surface area contributed by atoms with Gasteiger partial charge in [0.25, 0.3) is 10.1 Å². The fourth-order valence-electron chi connectivity index (χ4n) is 3.35. The van der Waals surface area contributed by atoms with Crippen LogP contribution in [0.15, 0.2) is 36.4 Å². The normalized spacial score (nSPS) is 11.9. The lowest BCUT2D eigenvalue weighted by Gasteiger charge is -2.30. The second-order valence-electron chi connectivity index (χ2n) is 7.83. The van der Waals surface area contributed by atoms with Gasteiger partial charge in [0.1, 0.15) is 6.54 Å². The Kier molecular flexibility index (Phi) is 7.42. The maximum absolute atomic E-state index is 13.1. The van der Waals surface area contributed by atoms with Crippen LogP contribution in [0.4, 0.5) is 0 Å². The number of ketones is 1. The summed E-state index contributed by atoms with van der Waals surface area (Å²) in [6, 6.07) is 8.76. The molecule has 0 heterocycles. The van der Waals surface area contributed by atoms with Crippen molar-refractivity contribution >= 4 is 21.9 Å². The van der Waals surface area contributed by atoms with E-state index >= 15 is 0 Å².